The van der Waals surface area contributed by atoms with Gasteiger partial charge in [0.25, 0.3) is 0 Å². The van der Waals surface area contributed by atoms with Gasteiger partial charge in [0, 0.05) is 17.2 Å². The molecule has 0 aliphatic rings. The maximum absolute atomic E-state index is 11.7. The van der Waals surface area contributed by atoms with E-state index in [1.54, 1.807) is 6.26 Å². The van der Waals surface area contributed by atoms with Gasteiger partial charge in [-0.1, -0.05) is 26.0 Å². The van der Waals surface area contributed by atoms with Crippen LogP contribution in [0, 0.1) is 12.8 Å². The van der Waals surface area contributed by atoms with Crippen LogP contribution in [-0.2, 0) is 4.79 Å². The summed E-state index contributed by atoms with van der Waals surface area (Å²) in [6.07, 6.45) is 1.64. The number of aryl methyl sites for hydroxylation is 1. The van der Waals surface area contributed by atoms with Crippen LogP contribution >= 0.6 is 0 Å². The van der Waals surface area contributed by atoms with Crippen LogP contribution < -0.4 is 5.32 Å². The fourth-order valence-corrected chi connectivity index (χ4v) is 1.63. The van der Waals surface area contributed by atoms with Gasteiger partial charge in [0.15, 0.2) is 0 Å². The molecule has 1 aromatic carbocycles. The first-order valence-electron chi connectivity index (χ1n) is 6.03. The van der Waals surface area contributed by atoms with E-state index in [-0.39, 0.29) is 11.8 Å². The monoisotopic (exact) mass is 243 g/mol. The molecule has 0 saturated carbocycles. The van der Waals surface area contributed by atoms with Gasteiger partial charge in [-0.25, -0.2) is 0 Å². The fraction of sp³-hybridized carbons (Fsp3) is 0.267. The lowest BCUT2D eigenvalue weighted by Gasteiger charge is -2.11. The number of carbonyl (C=O) groups excluding carboxylic acids is 1. The van der Waals surface area contributed by atoms with Crippen molar-refractivity contribution in [3.05, 3.63) is 42.2 Å². The minimum absolute atomic E-state index is 0.0229. The second kappa shape index (κ2) is 5.08. The Kier molecular flexibility index (Phi) is 3.51. The van der Waals surface area contributed by atoms with Gasteiger partial charge in [0.05, 0.1) is 6.26 Å². The van der Waals surface area contributed by atoms with E-state index in [9.17, 15) is 4.79 Å². The highest BCUT2D eigenvalue weighted by molar-refractivity contribution is 5.93. The highest BCUT2D eigenvalue weighted by atomic mass is 16.3. The number of amides is 1. The standard InChI is InChI=1S/C15H17NO2/c1-10(2)15(17)16-13-9-12(7-6-11(13)3)14-5-4-8-18-14/h4-10H,1-3H3,(H,16,17). The van der Waals surface area contributed by atoms with Gasteiger partial charge in [0.1, 0.15) is 5.76 Å². The predicted octanol–water partition coefficient (Wildman–Crippen LogP) is 3.85. The number of benzene rings is 1. The minimum atomic E-state index is -0.0309. The van der Waals surface area contributed by atoms with Gasteiger partial charge in [0.2, 0.25) is 5.91 Å². The van der Waals surface area contributed by atoms with E-state index in [0.717, 1.165) is 22.6 Å². The van der Waals surface area contributed by atoms with Crippen LogP contribution in [-0.4, -0.2) is 5.91 Å². The van der Waals surface area contributed by atoms with Crippen LogP contribution in [0.5, 0.6) is 0 Å². The molecule has 0 unspecified atom stereocenters. The molecule has 0 atom stereocenters. The van der Waals surface area contributed by atoms with E-state index in [2.05, 4.69) is 5.32 Å². The summed E-state index contributed by atoms with van der Waals surface area (Å²) in [7, 11) is 0. The highest BCUT2D eigenvalue weighted by Crippen LogP contribution is 2.26. The maximum atomic E-state index is 11.7. The van der Waals surface area contributed by atoms with Gasteiger partial charge in [-0.2, -0.15) is 0 Å². The molecule has 3 nitrogen and oxygen atoms in total. The number of hydrogen-bond acceptors (Lipinski definition) is 2. The number of carbonyl (C=O) groups is 1. The largest absolute Gasteiger partial charge is 0.464 e. The van der Waals surface area contributed by atoms with Gasteiger partial charge in [-0.15, -0.1) is 0 Å². The lowest BCUT2D eigenvalue weighted by atomic mass is 10.1. The third kappa shape index (κ3) is 2.62. The molecule has 3 heteroatoms. The summed E-state index contributed by atoms with van der Waals surface area (Å²) in [5.41, 5.74) is 2.84. The highest BCUT2D eigenvalue weighted by Gasteiger charge is 2.10. The Morgan fingerprint density at radius 3 is 2.67 bits per heavy atom. The van der Waals surface area contributed by atoms with Crippen LogP contribution in [0.2, 0.25) is 0 Å². The van der Waals surface area contributed by atoms with Crippen molar-refractivity contribution >= 4 is 11.6 Å². The van der Waals surface area contributed by atoms with Crippen LogP contribution in [0.3, 0.4) is 0 Å². The zero-order chi connectivity index (χ0) is 13.1. The molecule has 0 spiro atoms. The van der Waals surface area contributed by atoms with E-state index in [1.165, 1.54) is 0 Å². The Bertz CT molecular complexity index is 542. The van der Waals surface area contributed by atoms with E-state index >= 15 is 0 Å². The first kappa shape index (κ1) is 12.4. The zero-order valence-corrected chi connectivity index (χ0v) is 10.9. The Labute approximate surface area is 107 Å². The number of rotatable bonds is 3. The first-order valence-corrected chi connectivity index (χ1v) is 6.03. The molecule has 1 aromatic heterocycles. The molecule has 0 aliphatic heterocycles. The smallest absolute Gasteiger partial charge is 0.226 e. The Morgan fingerprint density at radius 1 is 1.28 bits per heavy atom. The molecule has 0 bridgehead atoms. The number of hydrogen-bond donors (Lipinski definition) is 1. The summed E-state index contributed by atoms with van der Waals surface area (Å²) < 4.78 is 5.35. The molecule has 1 N–H and O–H groups in total. The number of anilines is 1. The molecule has 0 fully saturated rings. The van der Waals surface area contributed by atoms with Crippen molar-refractivity contribution in [3.8, 4) is 11.3 Å². The lowest BCUT2D eigenvalue weighted by molar-refractivity contribution is -0.118. The topological polar surface area (TPSA) is 42.2 Å². The Morgan fingerprint density at radius 2 is 2.06 bits per heavy atom. The van der Waals surface area contributed by atoms with Gasteiger partial charge in [-0.3, -0.25) is 4.79 Å². The summed E-state index contributed by atoms with van der Waals surface area (Å²) in [5, 5.41) is 2.93. The molecule has 0 aliphatic carbocycles. The van der Waals surface area contributed by atoms with Crippen molar-refractivity contribution in [2.24, 2.45) is 5.92 Å². The molecular formula is C15H17NO2. The van der Waals surface area contributed by atoms with Gasteiger partial charge >= 0.3 is 0 Å². The second-order valence-corrected chi connectivity index (χ2v) is 4.65. The molecule has 18 heavy (non-hydrogen) atoms. The molecule has 94 valence electrons. The van der Waals surface area contributed by atoms with Gasteiger partial charge < -0.3 is 9.73 Å². The van der Waals surface area contributed by atoms with E-state index < -0.39 is 0 Å². The summed E-state index contributed by atoms with van der Waals surface area (Å²) in [6.45, 7) is 5.73. The maximum Gasteiger partial charge on any atom is 0.226 e. The summed E-state index contributed by atoms with van der Waals surface area (Å²) in [4.78, 5) is 11.7. The van der Waals surface area contributed by atoms with E-state index in [4.69, 9.17) is 4.42 Å². The number of furan rings is 1. The lowest BCUT2D eigenvalue weighted by Crippen LogP contribution is -2.18. The average Bonchev–Trinajstić information content (AvgIpc) is 2.85. The fourth-order valence-electron chi connectivity index (χ4n) is 1.63. The summed E-state index contributed by atoms with van der Waals surface area (Å²) in [5.74, 6) is 0.793. The van der Waals surface area contributed by atoms with E-state index in [0.29, 0.717) is 0 Å². The normalized spacial score (nSPS) is 10.7. The summed E-state index contributed by atoms with van der Waals surface area (Å²) >= 11 is 0. The van der Waals surface area contributed by atoms with E-state index in [1.807, 2.05) is 51.1 Å². The van der Waals surface area contributed by atoms with Crippen LogP contribution in [0.4, 0.5) is 5.69 Å². The van der Waals surface area contributed by atoms with Crippen molar-refractivity contribution in [2.75, 3.05) is 5.32 Å². The van der Waals surface area contributed by atoms with Crippen LogP contribution in [0.1, 0.15) is 19.4 Å². The van der Waals surface area contributed by atoms with Crippen LogP contribution in [0.15, 0.2) is 41.0 Å². The van der Waals surface area contributed by atoms with Crippen molar-refractivity contribution in [3.63, 3.8) is 0 Å². The predicted molar refractivity (Wildman–Crippen MR) is 72.3 cm³/mol. The molecule has 1 amide bonds. The van der Waals surface area contributed by atoms with Crippen molar-refractivity contribution in [1.29, 1.82) is 0 Å². The summed E-state index contributed by atoms with van der Waals surface area (Å²) in [6, 6.07) is 9.65. The number of nitrogens with one attached hydrogen (secondary N) is 1. The van der Waals surface area contributed by atoms with Crippen molar-refractivity contribution in [1.82, 2.24) is 0 Å². The molecule has 1 heterocycles. The first-order chi connectivity index (χ1) is 8.58. The third-order valence-corrected chi connectivity index (χ3v) is 2.83. The molecule has 0 radical (unpaired) electrons. The Hall–Kier alpha value is -2.03. The average molecular weight is 243 g/mol. The molecule has 0 saturated heterocycles. The quantitative estimate of drug-likeness (QED) is 0.889. The van der Waals surface area contributed by atoms with Crippen molar-refractivity contribution < 1.29 is 9.21 Å². The Balaban J connectivity index is 2.30. The third-order valence-electron chi connectivity index (χ3n) is 2.83. The molecular weight excluding hydrogens is 226 g/mol. The molecule has 2 aromatic rings. The zero-order valence-electron chi connectivity index (χ0n) is 10.9. The SMILES string of the molecule is Cc1ccc(-c2ccco2)cc1NC(=O)C(C)C. The van der Waals surface area contributed by atoms with Crippen molar-refractivity contribution in [2.45, 2.75) is 20.8 Å². The second-order valence-electron chi connectivity index (χ2n) is 4.65. The molecule has 2 rings (SSSR count). The van der Waals surface area contributed by atoms with Crippen LogP contribution in [0.25, 0.3) is 11.3 Å². The van der Waals surface area contributed by atoms with Gasteiger partial charge in [-0.05, 0) is 30.7 Å². The minimum Gasteiger partial charge on any atom is -0.464 e.